The Morgan fingerprint density at radius 3 is 2.45 bits per heavy atom. The van der Waals surface area contributed by atoms with Crippen molar-refractivity contribution in [3.63, 3.8) is 0 Å². The predicted octanol–water partition coefficient (Wildman–Crippen LogP) is 3.66. The van der Waals surface area contributed by atoms with Crippen LogP contribution in [0.1, 0.15) is 23.7 Å². The summed E-state index contributed by atoms with van der Waals surface area (Å²) in [5.41, 5.74) is -0.246. The third-order valence-corrected chi connectivity index (χ3v) is 7.90. The Hall–Kier alpha value is -2.23. The lowest BCUT2D eigenvalue weighted by atomic mass is 9.94. The number of carbonyl (C=O) groups is 1. The van der Waals surface area contributed by atoms with Crippen LogP contribution in [0.15, 0.2) is 39.0 Å². The van der Waals surface area contributed by atoms with Gasteiger partial charge < -0.3 is 24.6 Å². The Balaban J connectivity index is 1.97. The number of halogens is 2. The minimum atomic E-state index is -3.12. The molecule has 1 fully saturated rings. The lowest BCUT2D eigenvalue weighted by molar-refractivity contribution is 0.0985. The number of nitrogens with zero attached hydrogens (tertiary/aromatic N) is 1. The van der Waals surface area contributed by atoms with Gasteiger partial charge >= 0.3 is 0 Å². The van der Waals surface area contributed by atoms with Gasteiger partial charge in [0.25, 0.3) is 0 Å². The quantitative estimate of drug-likeness (QED) is 0.259. The van der Waals surface area contributed by atoms with Crippen molar-refractivity contribution < 1.29 is 27.4 Å². The van der Waals surface area contributed by atoms with Crippen molar-refractivity contribution in [3.8, 4) is 17.2 Å². The number of carbonyl (C=O) groups excluding carboxylic acids is 1. The molecule has 0 aromatic heterocycles. The summed E-state index contributed by atoms with van der Waals surface area (Å²) in [6.45, 7) is 1.86. The third kappa shape index (κ3) is 4.83. The second kappa shape index (κ2) is 9.10. The Kier molecular flexibility index (Phi) is 6.88. The number of ketones is 1. The summed E-state index contributed by atoms with van der Waals surface area (Å²) in [5.74, 6) is 0.247. The molecule has 0 unspecified atom stereocenters. The third-order valence-electron chi connectivity index (χ3n) is 5.03. The van der Waals surface area contributed by atoms with E-state index in [9.17, 15) is 18.4 Å². The maximum atomic E-state index is 13.1. The number of hydrogen-bond donors (Lipinski definition) is 0. The molecule has 2 aliphatic heterocycles. The number of fused-ring (bicyclic) bond motifs is 1. The zero-order valence-electron chi connectivity index (χ0n) is 16.8. The van der Waals surface area contributed by atoms with Gasteiger partial charge in [-0.25, -0.2) is 8.42 Å². The first-order chi connectivity index (χ1) is 14.6. The van der Waals surface area contributed by atoms with E-state index >= 15 is 0 Å². The van der Waals surface area contributed by atoms with Crippen molar-refractivity contribution in [2.75, 3.05) is 31.8 Å². The van der Waals surface area contributed by atoms with Gasteiger partial charge in [-0.1, -0.05) is 29.3 Å². The summed E-state index contributed by atoms with van der Waals surface area (Å²) < 4.78 is 40.5. The number of ether oxygens (including phenoxy) is 3. The van der Waals surface area contributed by atoms with Crippen molar-refractivity contribution in [2.24, 2.45) is 10.6 Å². The van der Waals surface area contributed by atoms with Crippen molar-refractivity contribution in [1.82, 2.24) is 0 Å². The summed E-state index contributed by atoms with van der Waals surface area (Å²) >= 11 is 12.3. The molecule has 0 amide bonds. The smallest absolute Gasteiger partial charge is 0.204 e. The number of methoxy groups -OCH3 is 1. The van der Waals surface area contributed by atoms with Crippen LogP contribution in [0.4, 0.5) is 0 Å². The first-order valence-corrected chi connectivity index (χ1v) is 11.8. The number of hydrogen-bond acceptors (Lipinski definition) is 8. The molecule has 8 nitrogen and oxygen atoms in total. The normalized spacial score (nSPS) is 20.1. The van der Waals surface area contributed by atoms with E-state index in [0.717, 1.165) is 6.21 Å². The monoisotopic (exact) mass is 488 g/mol. The minimum Gasteiger partial charge on any atom is -0.792 e. The molecular weight excluding hydrogens is 469 g/mol. The highest BCUT2D eigenvalue weighted by molar-refractivity contribution is 7.92. The van der Waals surface area contributed by atoms with Gasteiger partial charge in [0.1, 0.15) is 0 Å². The highest BCUT2D eigenvalue weighted by Crippen LogP contribution is 2.46. The van der Waals surface area contributed by atoms with E-state index in [1.165, 1.54) is 13.2 Å². The lowest BCUT2D eigenvalue weighted by Gasteiger charge is -2.38. The van der Waals surface area contributed by atoms with Crippen LogP contribution in [0.2, 0.25) is 0 Å². The molecule has 11 heteroatoms. The van der Waals surface area contributed by atoms with Crippen LogP contribution < -0.4 is 14.2 Å². The summed E-state index contributed by atoms with van der Waals surface area (Å²) in [6.07, 6.45) is 2.18. The average Bonchev–Trinajstić information content (AvgIpc) is 2.90. The van der Waals surface area contributed by atoms with Gasteiger partial charge in [0.2, 0.25) is 5.75 Å². The summed E-state index contributed by atoms with van der Waals surface area (Å²) in [4.78, 5) is 13.1. The van der Waals surface area contributed by atoms with E-state index < -0.39 is 21.0 Å². The lowest BCUT2D eigenvalue weighted by Crippen LogP contribution is -2.55. The number of Topliss-reactive ketones (excluding diaryl/α,β-unsaturated/α-hetero) is 1. The molecule has 0 saturated carbocycles. The zero-order chi connectivity index (χ0) is 22.8. The van der Waals surface area contributed by atoms with E-state index in [-0.39, 0.29) is 63.8 Å². The second-order valence-corrected chi connectivity index (χ2v) is 10.3. The van der Waals surface area contributed by atoms with Crippen LogP contribution in [-0.2, 0) is 9.84 Å². The summed E-state index contributed by atoms with van der Waals surface area (Å²) in [6, 6.07) is 3.09. The molecule has 2 aliphatic rings. The molecule has 1 spiro atoms. The minimum absolute atomic E-state index is 0.0481. The fourth-order valence-electron chi connectivity index (χ4n) is 3.59. The van der Waals surface area contributed by atoms with Gasteiger partial charge in [-0.3, -0.25) is 4.79 Å². The average molecular weight is 489 g/mol. The van der Waals surface area contributed by atoms with E-state index in [0.29, 0.717) is 5.75 Å². The predicted molar refractivity (Wildman–Crippen MR) is 118 cm³/mol. The first-order valence-electron chi connectivity index (χ1n) is 9.22. The maximum absolute atomic E-state index is 13.1. The Labute approximate surface area is 190 Å². The maximum Gasteiger partial charge on any atom is 0.204 e. The van der Waals surface area contributed by atoms with Gasteiger partial charge in [0.05, 0.1) is 47.8 Å². The van der Waals surface area contributed by atoms with Crippen LogP contribution in [-0.4, -0.2) is 52.2 Å². The van der Waals surface area contributed by atoms with Gasteiger partial charge in [0.15, 0.2) is 27.1 Å². The van der Waals surface area contributed by atoms with Crippen LogP contribution in [0.3, 0.4) is 0 Å². The molecule has 0 bridgehead atoms. The van der Waals surface area contributed by atoms with Crippen molar-refractivity contribution in [1.29, 1.82) is 0 Å². The number of benzene rings is 1. The Bertz CT molecular complexity index is 1080. The second-order valence-electron chi connectivity index (χ2n) is 7.38. The number of sulfone groups is 1. The fourth-order valence-corrected chi connectivity index (χ4v) is 6.13. The van der Waals surface area contributed by atoms with Gasteiger partial charge in [-0.05, 0) is 24.6 Å². The molecular formula is C20H20Cl2NO7S-. The van der Waals surface area contributed by atoms with Crippen LogP contribution in [0, 0.1) is 10.6 Å². The molecule has 31 heavy (non-hydrogen) atoms. The van der Waals surface area contributed by atoms with Crippen molar-refractivity contribution >= 4 is 45.0 Å². The standard InChI is InChI=1S/C20H21Cl2NO7S/c1-3-14(21)13(15(22)7-23-25)6-16(24)12-4-5-17(28-2)19-18(12)29-8-20(9-30-19)10-31(26,27)11-20/h3-5,7,25H,6,8-11H2,1-2H3/p-1/b14-3+,15-13+,23-7+. The van der Waals surface area contributed by atoms with Crippen LogP contribution >= 0.6 is 23.2 Å². The molecule has 0 aliphatic carbocycles. The molecule has 1 aromatic rings. The van der Waals surface area contributed by atoms with E-state index in [1.54, 1.807) is 19.1 Å². The van der Waals surface area contributed by atoms with E-state index in [4.69, 9.17) is 37.4 Å². The van der Waals surface area contributed by atoms with Gasteiger partial charge in [0, 0.05) is 17.7 Å². The SMILES string of the molecule is C\C=C(Cl)/C(CC(=O)c1ccc(OC)c2c1OCC1(CO2)CS(=O)(=O)C1)=C(Cl)\C=N\[O-]. The summed E-state index contributed by atoms with van der Waals surface area (Å²) in [5, 5.41) is 13.3. The molecule has 0 atom stereocenters. The summed E-state index contributed by atoms with van der Waals surface area (Å²) in [7, 11) is -1.67. The topological polar surface area (TPSA) is 114 Å². The van der Waals surface area contributed by atoms with Crippen molar-refractivity contribution in [3.05, 3.63) is 44.6 Å². The zero-order valence-corrected chi connectivity index (χ0v) is 19.1. The van der Waals surface area contributed by atoms with Gasteiger partial charge in [-0.2, -0.15) is 0 Å². The van der Waals surface area contributed by atoms with E-state index in [1.807, 2.05) is 0 Å². The fraction of sp³-hybridized carbons (Fsp3) is 0.400. The molecule has 0 N–H and O–H groups in total. The van der Waals surface area contributed by atoms with Crippen LogP contribution in [0.25, 0.3) is 0 Å². The largest absolute Gasteiger partial charge is 0.792 e. The highest BCUT2D eigenvalue weighted by atomic mass is 35.5. The molecule has 2 heterocycles. The number of allylic oxidation sites excluding steroid dienone is 4. The molecule has 0 radical (unpaired) electrons. The van der Waals surface area contributed by atoms with Crippen molar-refractivity contribution in [2.45, 2.75) is 13.3 Å². The molecule has 1 saturated heterocycles. The highest BCUT2D eigenvalue weighted by Gasteiger charge is 2.51. The first kappa shape index (κ1) is 23.4. The molecule has 3 rings (SSSR count). The Morgan fingerprint density at radius 2 is 1.90 bits per heavy atom. The molecule has 1 aromatic carbocycles. The van der Waals surface area contributed by atoms with Gasteiger partial charge in [-0.15, -0.1) is 0 Å². The van der Waals surface area contributed by atoms with Crippen LogP contribution in [0.5, 0.6) is 17.2 Å². The number of rotatable bonds is 6. The molecule has 168 valence electrons. The van der Waals surface area contributed by atoms with E-state index in [2.05, 4.69) is 5.16 Å². The Morgan fingerprint density at radius 1 is 1.26 bits per heavy atom.